The molecular formula is C108H151F4N9O5S. The Morgan fingerprint density at radius 3 is 1.84 bits per heavy atom. The lowest BCUT2D eigenvalue weighted by molar-refractivity contribution is -0.144. The first-order valence-corrected chi connectivity index (χ1v) is 46.0. The van der Waals surface area contributed by atoms with Crippen LogP contribution >= 0.6 is 11.3 Å². The predicted octanol–water partition coefficient (Wildman–Crippen LogP) is 27.6. The van der Waals surface area contributed by atoms with Crippen LogP contribution in [0.1, 0.15) is 276 Å². The minimum atomic E-state index is -4.56. The van der Waals surface area contributed by atoms with Gasteiger partial charge in [0.25, 0.3) is 17.5 Å². The minimum Gasteiger partial charge on any atom is -0.497 e. The number of hydrogen-bond donors (Lipinski definition) is 0. The molecule has 3 unspecified atom stereocenters. The standard InChI is InChI=1S/C15H20.C14H21NOS.C14H20O.C13H17F3N4.C13H15FN2.C13H17NO.C13H21N.C13H20O2/c1-15(2,3)11-10-13-9-8-12-6-4-5-7-14(12)13;1-14(2,3)11-6-4-8-15(10-11)13(16)12-7-5-9-17-12;1-14(2,3)12-9-11(12)10-7-5-6-8-13(10)15-4;1-7-9(6-12(3,4)5)8(2)20-11(17-7)18-10(19-20)13(14,15)16;1-13(2,3)12-7-8-16(15-12)11-6-4-5-10(14)9-11;1-13(2,3)9-14-11-7-5-4-6-10(11)8-12(14)15;1-13(2,3)11-14(4)10-12-8-6-5-7-9-12;1-13(2,3)10-15-9-11-6-5-7-12(8-11)14-4/h4-7,9H,8,10-11H2,1-3H3;5,7,9,11H,4,6,8,10H2,1-3H3;5-8,11-12H,9H2,1-4H3;6H2,1-5H3;4-9H,1-3H3;4-7H,8-9H2,1-3H3;5-9H,10-11H2,1-4H3;5-8H,9-10H2,1-4H3. The Labute approximate surface area is 764 Å². The molecule has 0 radical (unpaired) electrons. The van der Waals surface area contributed by atoms with E-state index in [1.807, 2.05) is 100 Å². The zero-order valence-electron chi connectivity index (χ0n) is 82.2. The molecule has 2 aliphatic carbocycles. The van der Waals surface area contributed by atoms with Crippen molar-refractivity contribution in [2.75, 3.05) is 59.0 Å². The molecule has 2 aliphatic heterocycles. The van der Waals surface area contributed by atoms with Gasteiger partial charge in [-0.3, -0.25) is 9.59 Å². The normalized spacial score (nSPS) is 15.7. The first kappa shape index (κ1) is 105. The van der Waals surface area contributed by atoms with Crippen LogP contribution in [0.2, 0.25) is 0 Å². The van der Waals surface area contributed by atoms with Crippen LogP contribution in [0.3, 0.4) is 0 Å². The molecule has 14 rings (SSSR count). The van der Waals surface area contributed by atoms with Crippen molar-refractivity contribution in [2.45, 2.75) is 262 Å². The van der Waals surface area contributed by atoms with E-state index in [0.29, 0.717) is 57.9 Å². The van der Waals surface area contributed by atoms with Crippen molar-refractivity contribution in [1.29, 1.82) is 0 Å². The molecule has 19 heteroatoms. The third-order valence-corrected chi connectivity index (χ3v) is 23.0. The number of para-hydroxylation sites is 2. The number of carbonyl (C=O) groups is 2. The van der Waals surface area contributed by atoms with Gasteiger partial charge in [0.15, 0.2) is 0 Å². The summed E-state index contributed by atoms with van der Waals surface area (Å²) in [7, 11) is 5.61. The van der Waals surface area contributed by atoms with Crippen molar-refractivity contribution in [1.82, 2.24) is 39.2 Å². The number of aryl methyl sites for hydroxylation is 2. The van der Waals surface area contributed by atoms with Crippen molar-refractivity contribution in [3.63, 3.8) is 0 Å². The average molecular weight is 1760 g/mol. The number of halogens is 4. The molecule has 1 saturated heterocycles. The summed E-state index contributed by atoms with van der Waals surface area (Å²) in [5, 5.41) is 9.95. The number of rotatable bonds is 15. The lowest BCUT2D eigenvalue weighted by Gasteiger charge is -2.39. The van der Waals surface area contributed by atoms with Crippen molar-refractivity contribution < 1.29 is 41.4 Å². The summed E-state index contributed by atoms with van der Waals surface area (Å²) in [5.74, 6) is 3.12. The lowest BCUT2D eigenvalue weighted by Crippen LogP contribution is -2.43. The van der Waals surface area contributed by atoms with Crippen molar-refractivity contribution in [3.8, 4) is 17.2 Å². The first-order valence-electron chi connectivity index (χ1n) is 45.2. The lowest BCUT2D eigenvalue weighted by atomic mass is 9.76. The Morgan fingerprint density at radius 2 is 1.27 bits per heavy atom. The third kappa shape index (κ3) is 35.2. The minimum absolute atomic E-state index is 0.00927. The maximum atomic E-state index is 13.1. The Bertz CT molecular complexity index is 5110. The molecule has 3 atom stereocenters. The van der Waals surface area contributed by atoms with E-state index >= 15 is 0 Å². The number of thiophene rings is 1. The maximum absolute atomic E-state index is 13.1. The molecule has 2 amide bonds. The molecule has 0 N–H and O–H groups in total. The largest absolute Gasteiger partial charge is 0.497 e. The summed E-state index contributed by atoms with van der Waals surface area (Å²) >= 11 is 1.54. The fraction of sp³-hybridized carbons (Fsp3) is 0.519. The third-order valence-electron chi connectivity index (χ3n) is 22.2. The first-order chi connectivity index (χ1) is 59.0. The van der Waals surface area contributed by atoms with Gasteiger partial charge < -0.3 is 28.9 Å². The van der Waals surface area contributed by atoms with E-state index in [1.165, 1.54) is 64.6 Å². The number of fused-ring (bicyclic) bond motifs is 3. The second-order valence-electron chi connectivity index (χ2n) is 43.6. The fourth-order valence-corrected chi connectivity index (χ4v) is 16.2. The van der Waals surface area contributed by atoms with Gasteiger partial charge in [0.1, 0.15) is 17.3 Å². The fourth-order valence-electron chi connectivity index (χ4n) is 15.6. The number of ether oxygens (including phenoxy) is 3. The second kappa shape index (κ2) is 45.3. The van der Waals surface area contributed by atoms with E-state index in [9.17, 15) is 27.2 Å². The summed E-state index contributed by atoms with van der Waals surface area (Å²) < 4.78 is 70.1. The number of carbonyl (C=O) groups excluding carboxylic acids is 2. The van der Waals surface area contributed by atoms with Crippen LogP contribution in [0.5, 0.6) is 11.5 Å². The van der Waals surface area contributed by atoms with E-state index in [1.54, 1.807) is 55.7 Å². The van der Waals surface area contributed by atoms with E-state index in [-0.39, 0.29) is 45.1 Å². The van der Waals surface area contributed by atoms with Gasteiger partial charge in [-0.05, 0) is 226 Å². The second-order valence-corrected chi connectivity index (χ2v) is 44.6. The zero-order valence-corrected chi connectivity index (χ0v) is 83.0. The average Bonchev–Trinajstić information content (AvgIpc) is 1.63. The Morgan fingerprint density at radius 1 is 0.630 bits per heavy atom. The summed E-state index contributed by atoms with van der Waals surface area (Å²) in [6.07, 6.45) is 8.30. The van der Waals surface area contributed by atoms with E-state index in [4.69, 9.17) is 14.2 Å². The van der Waals surface area contributed by atoms with Gasteiger partial charge in [-0.1, -0.05) is 288 Å². The Balaban J connectivity index is 0.000000199. The highest BCUT2D eigenvalue weighted by Crippen LogP contribution is 2.58. The van der Waals surface area contributed by atoms with Crippen molar-refractivity contribution in [3.05, 3.63) is 260 Å². The molecular weight excluding hydrogens is 1610 g/mol. The molecule has 4 aliphatic rings. The smallest absolute Gasteiger partial charge is 0.453 e. The van der Waals surface area contributed by atoms with Gasteiger partial charge in [0.05, 0.1) is 50.1 Å². The summed E-state index contributed by atoms with van der Waals surface area (Å²) in [4.78, 5) is 38.9. The molecule has 4 aromatic heterocycles. The van der Waals surface area contributed by atoms with Gasteiger partial charge >= 0.3 is 6.18 Å². The molecule has 14 nitrogen and oxygen atoms in total. The molecule has 127 heavy (non-hydrogen) atoms. The molecule has 6 aromatic carbocycles. The number of alkyl halides is 3. The van der Waals surface area contributed by atoms with Crippen LogP contribution in [0.15, 0.2) is 188 Å². The molecule has 1 saturated carbocycles. The van der Waals surface area contributed by atoms with Crippen LogP contribution in [0, 0.1) is 69.4 Å². The van der Waals surface area contributed by atoms with Crippen molar-refractivity contribution in [2.24, 2.45) is 49.7 Å². The number of benzene rings is 6. The van der Waals surface area contributed by atoms with Gasteiger partial charge in [-0.15, -0.1) is 16.4 Å². The topological polar surface area (TPSA) is 132 Å². The van der Waals surface area contributed by atoms with Gasteiger partial charge in [-0.25, -0.2) is 18.6 Å². The van der Waals surface area contributed by atoms with Crippen molar-refractivity contribution >= 4 is 40.2 Å². The number of likely N-dealkylation sites (tertiary alicyclic amines) is 1. The van der Waals surface area contributed by atoms with E-state index in [0.717, 1.165) is 115 Å². The number of allylic oxidation sites excluding steroid dienone is 2. The highest BCUT2D eigenvalue weighted by atomic mass is 32.1. The Kier molecular flexibility index (Phi) is 37.4. The zero-order chi connectivity index (χ0) is 94.4. The van der Waals surface area contributed by atoms with Crippen LogP contribution < -0.4 is 14.4 Å². The van der Waals surface area contributed by atoms with Crippen LogP contribution in [-0.4, -0.2) is 105 Å². The molecule has 0 spiro atoms. The van der Waals surface area contributed by atoms with Crippen LogP contribution in [0.25, 0.3) is 17.0 Å². The van der Waals surface area contributed by atoms with E-state index in [2.05, 4.69) is 277 Å². The number of amides is 2. The number of piperidine rings is 1. The highest BCUT2D eigenvalue weighted by molar-refractivity contribution is 7.12. The molecule has 6 heterocycles. The predicted molar refractivity (Wildman–Crippen MR) is 519 cm³/mol. The monoisotopic (exact) mass is 1760 g/mol. The summed E-state index contributed by atoms with van der Waals surface area (Å²) in [6.45, 7) is 62.8. The highest BCUT2D eigenvalue weighted by Gasteiger charge is 2.47. The van der Waals surface area contributed by atoms with Gasteiger partial charge in [0, 0.05) is 61.4 Å². The number of hydrogen-bond acceptors (Lipinski definition) is 11. The molecule has 10 aromatic rings. The number of methoxy groups -OCH3 is 2. The molecule has 0 bridgehead atoms. The molecule has 692 valence electrons. The van der Waals surface area contributed by atoms with Crippen LogP contribution in [0.4, 0.5) is 23.2 Å². The SMILES string of the molecule is CC(C)(C)C1CCCN(C(=O)c2cccs2)C1.CC(C)(C)CCC1=CCc2ccccc21.CC(C)(C)CN1C(=O)Cc2ccccc21.CC(C)(C)c1ccn(-c2cccc(F)c2)n1.CN(Cc1ccccc1)CC(C)(C)C.COc1cccc(COCC(C)(C)C)c1.COc1ccccc1C1CC1C(C)(C)C.Cc1nc2nc(C(F)(F)F)nn2c(C)c1CC(C)(C)C. The molecule has 2 fully saturated rings. The van der Waals surface area contributed by atoms with Crippen LogP contribution in [-0.2, 0) is 53.5 Å². The quantitative estimate of drug-likeness (QED) is 0.0914. The number of nitrogens with zero attached hydrogens (tertiary/aromatic N) is 9. The van der Waals surface area contributed by atoms with Gasteiger partial charge in [0.2, 0.25) is 5.91 Å². The number of aromatic nitrogens is 6. The summed E-state index contributed by atoms with van der Waals surface area (Å²) in [5.41, 5.74) is 16.7. The van der Waals surface area contributed by atoms with E-state index < -0.39 is 12.0 Å². The number of anilines is 1. The summed E-state index contributed by atoms with van der Waals surface area (Å²) in [6, 6.07) is 56.1. The Hall–Kier alpha value is -9.30. The van der Waals surface area contributed by atoms with Gasteiger partial charge in [-0.2, -0.15) is 23.3 Å². The maximum Gasteiger partial charge on any atom is 0.453 e.